The topological polar surface area (TPSA) is 28.2 Å². The first-order valence-electron chi connectivity index (χ1n) is 6.57. The Morgan fingerprint density at radius 3 is 2.83 bits per heavy atom. The highest BCUT2D eigenvalue weighted by Crippen LogP contribution is 2.20. The van der Waals surface area contributed by atoms with Crippen molar-refractivity contribution in [1.29, 1.82) is 0 Å². The number of hydrogen-bond donors (Lipinski definition) is 1. The SMILES string of the molecule is C#CCN(CC)c1cc(C)ncc1CNCCC. The molecule has 0 aliphatic heterocycles. The molecule has 0 atom stereocenters. The molecule has 1 heterocycles. The Morgan fingerprint density at radius 1 is 1.44 bits per heavy atom. The fourth-order valence-electron chi connectivity index (χ4n) is 1.88. The van der Waals surface area contributed by atoms with Crippen LogP contribution in [0.2, 0.25) is 0 Å². The van der Waals surface area contributed by atoms with E-state index in [-0.39, 0.29) is 0 Å². The zero-order chi connectivity index (χ0) is 13.4. The molecule has 0 unspecified atom stereocenters. The summed E-state index contributed by atoms with van der Waals surface area (Å²) < 4.78 is 0. The molecule has 1 aromatic heterocycles. The monoisotopic (exact) mass is 245 g/mol. The minimum atomic E-state index is 0.640. The molecule has 0 aliphatic rings. The third-order valence-electron chi connectivity index (χ3n) is 2.85. The highest BCUT2D eigenvalue weighted by atomic mass is 15.1. The molecule has 0 aliphatic carbocycles. The molecule has 3 nitrogen and oxygen atoms in total. The molecule has 0 spiro atoms. The molecule has 98 valence electrons. The summed E-state index contributed by atoms with van der Waals surface area (Å²) in [7, 11) is 0. The molecule has 0 saturated carbocycles. The van der Waals surface area contributed by atoms with Gasteiger partial charge in [0.25, 0.3) is 0 Å². The molecule has 1 rings (SSSR count). The number of nitrogens with one attached hydrogen (secondary N) is 1. The van der Waals surface area contributed by atoms with Crippen LogP contribution in [0.1, 0.15) is 31.5 Å². The van der Waals surface area contributed by atoms with E-state index in [1.165, 1.54) is 11.3 Å². The van der Waals surface area contributed by atoms with Crippen molar-refractivity contribution < 1.29 is 0 Å². The van der Waals surface area contributed by atoms with Crippen molar-refractivity contribution in [2.75, 3.05) is 24.5 Å². The van der Waals surface area contributed by atoms with E-state index in [0.29, 0.717) is 6.54 Å². The number of rotatable bonds is 7. The Kier molecular flexibility index (Phi) is 6.24. The Labute approximate surface area is 111 Å². The van der Waals surface area contributed by atoms with Gasteiger partial charge in [-0.05, 0) is 32.9 Å². The number of nitrogens with zero attached hydrogens (tertiary/aromatic N) is 2. The van der Waals surface area contributed by atoms with Crippen LogP contribution in [0.15, 0.2) is 12.3 Å². The van der Waals surface area contributed by atoms with Gasteiger partial charge in [-0.25, -0.2) is 0 Å². The smallest absolute Gasteiger partial charge is 0.0791 e. The van der Waals surface area contributed by atoms with Crippen LogP contribution >= 0.6 is 0 Å². The second-order valence-corrected chi connectivity index (χ2v) is 4.35. The van der Waals surface area contributed by atoms with Gasteiger partial charge in [-0.3, -0.25) is 4.98 Å². The third kappa shape index (κ3) is 4.05. The van der Waals surface area contributed by atoms with E-state index in [9.17, 15) is 0 Å². The van der Waals surface area contributed by atoms with E-state index in [4.69, 9.17) is 6.42 Å². The highest BCUT2D eigenvalue weighted by Gasteiger charge is 2.09. The predicted octanol–water partition coefficient (Wildman–Crippen LogP) is 2.35. The Balaban J connectivity index is 2.91. The van der Waals surface area contributed by atoms with Crippen LogP contribution in [-0.4, -0.2) is 24.6 Å². The van der Waals surface area contributed by atoms with E-state index in [1.54, 1.807) is 0 Å². The van der Waals surface area contributed by atoms with Crippen molar-refractivity contribution in [3.8, 4) is 12.3 Å². The lowest BCUT2D eigenvalue weighted by molar-refractivity contribution is 0.671. The molecular weight excluding hydrogens is 222 g/mol. The summed E-state index contributed by atoms with van der Waals surface area (Å²) in [4.78, 5) is 6.58. The van der Waals surface area contributed by atoms with E-state index in [2.05, 4.69) is 41.0 Å². The molecule has 0 bridgehead atoms. The molecule has 0 aromatic carbocycles. The molecule has 3 heteroatoms. The maximum atomic E-state index is 5.43. The van der Waals surface area contributed by atoms with Gasteiger partial charge in [0, 0.05) is 36.2 Å². The zero-order valence-corrected chi connectivity index (χ0v) is 11.7. The normalized spacial score (nSPS) is 10.1. The maximum Gasteiger partial charge on any atom is 0.0791 e. The number of aromatic nitrogens is 1. The lowest BCUT2D eigenvalue weighted by atomic mass is 10.1. The van der Waals surface area contributed by atoms with Crippen LogP contribution in [0.25, 0.3) is 0 Å². The van der Waals surface area contributed by atoms with Crippen LogP contribution in [0.3, 0.4) is 0 Å². The second-order valence-electron chi connectivity index (χ2n) is 4.35. The zero-order valence-electron chi connectivity index (χ0n) is 11.7. The lowest BCUT2D eigenvalue weighted by Crippen LogP contribution is -2.26. The van der Waals surface area contributed by atoms with Crippen molar-refractivity contribution in [1.82, 2.24) is 10.3 Å². The maximum absolute atomic E-state index is 5.43. The van der Waals surface area contributed by atoms with Gasteiger partial charge in [0.15, 0.2) is 0 Å². The molecule has 0 amide bonds. The number of aryl methyl sites for hydroxylation is 1. The number of terminal acetylenes is 1. The van der Waals surface area contributed by atoms with Gasteiger partial charge < -0.3 is 10.2 Å². The molecule has 1 N–H and O–H groups in total. The van der Waals surface area contributed by atoms with Crippen LogP contribution < -0.4 is 10.2 Å². The predicted molar refractivity (Wildman–Crippen MR) is 77.7 cm³/mol. The molecule has 1 aromatic rings. The van der Waals surface area contributed by atoms with Gasteiger partial charge in [0.1, 0.15) is 0 Å². The van der Waals surface area contributed by atoms with E-state index >= 15 is 0 Å². The molecule has 18 heavy (non-hydrogen) atoms. The third-order valence-corrected chi connectivity index (χ3v) is 2.85. The van der Waals surface area contributed by atoms with Crippen molar-refractivity contribution in [3.05, 3.63) is 23.5 Å². The molecule has 0 radical (unpaired) electrons. The van der Waals surface area contributed by atoms with Gasteiger partial charge in [0.2, 0.25) is 0 Å². The average Bonchev–Trinajstić information content (AvgIpc) is 2.38. The van der Waals surface area contributed by atoms with Crippen LogP contribution in [0, 0.1) is 19.3 Å². The van der Waals surface area contributed by atoms with E-state index < -0.39 is 0 Å². The van der Waals surface area contributed by atoms with Gasteiger partial charge >= 0.3 is 0 Å². The first-order chi connectivity index (χ1) is 8.72. The van der Waals surface area contributed by atoms with Crippen molar-refractivity contribution in [3.63, 3.8) is 0 Å². The van der Waals surface area contributed by atoms with E-state index in [1.807, 2.05) is 13.1 Å². The number of pyridine rings is 1. The standard InChI is InChI=1S/C15H23N3/c1-5-8-16-11-14-12-17-13(4)10-15(14)18(7-3)9-6-2/h2,10,12,16H,5,7-9,11H2,1,3-4H3. The molecule has 0 saturated heterocycles. The largest absolute Gasteiger partial charge is 0.360 e. The lowest BCUT2D eigenvalue weighted by Gasteiger charge is -2.24. The summed E-state index contributed by atoms with van der Waals surface area (Å²) in [6, 6.07) is 2.11. The molecular formula is C15H23N3. The summed E-state index contributed by atoms with van der Waals surface area (Å²) in [6.45, 7) is 9.71. The fourth-order valence-corrected chi connectivity index (χ4v) is 1.88. The first-order valence-corrected chi connectivity index (χ1v) is 6.57. The fraction of sp³-hybridized carbons (Fsp3) is 0.533. The average molecular weight is 245 g/mol. The highest BCUT2D eigenvalue weighted by molar-refractivity contribution is 5.54. The quantitative estimate of drug-likeness (QED) is 0.590. The summed E-state index contributed by atoms with van der Waals surface area (Å²) in [5.41, 5.74) is 3.44. The van der Waals surface area contributed by atoms with Crippen molar-refractivity contribution in [2.24, 2.45) is 0 Å². The number of anilines is 1. The minimum Gasteiger partial charge on any atom is -0.360 e. The van der Waals surface area contributed by atoms with Crippen molar-refractivity contribution in [2.45, 2.75) is 33.7 Å². The second kappa shape index (κ2) is 7.73. The van der Waals surface area contributed by atoms with E-state index in [0.717, 1.165) is 31.7 Å². The van der Waals surface area contributed by atoms with Gasteiger partial charge in [-0.1, -0.05) is 12.8 Å². The van der Waals surface area contributed by atoms with Gasteiger partial charge in [0.05, 0.1) is 6.54 Å². The van der Waals surface area contributed by atoms with Crippen LogP contribution in [0.4, 0.5) is 5.69 Å². The van der Waals surface area contributed by atoms with Gasteiger partial charge in [-0.2, -0.15) is 0 Å². The first kappa shape index (κ1) is 14.5. The van der Waals surface area contributed by atoms with Crippen LogP contribution in [0.5, 0.6) is 0 Å². The minimum absolute atomic E-state index is 0.640. The Bertz CT molecular complexity index is 407. The number of hydrogen-bond acceptors (Lipinski definition) is 3. The summed E-state index contributed by atoms with van der Waals surface area (Å²) in [6.07, 6.45) is 8.52. The van der Waals surface area contributed by atoms with Crippen molar-refractivity contribution >= 4 is 5.69 Å². The molecule has 0 fully saturated rings. The van der Waals surface area contributed by atoms with Crippen LogP contribution in [-0.2, 0) is 6.54 Å². The summed E-state index contributed by atoms with van der Waals surface area (Å²) >= 11 is 0. The van der Waals surface area contributed by atoms with Gasteiger partial charge in [-0.15, -0.1) is 6.42 Å². The Morgan fingerprint density at radius 2 is 2.22 bits per heavy atom. The summed E-state index contributed by atoms with van der Waals surface area (Å²) in [5, 5.41) is 3.41. The Hall–Kier alpha value is -1.53. The summed E-state index contributed by atoms with van der Waals surface area (Å²) in [5.74, 6) is 2.72.